The molecule has 1 nitrogen and oxygen atoms in total. The molecule has 1 heterocycles. The normalized spacial score (nSPS) is 12.6. The van der Waals surface area contributed by atoms with E-state index in [4.69, 9.17) is 11.6 Å². The first-order valence-electron chi connectivity index (χ1n) is 4.62. The summed E-state index contributed by atoms with van der Waals surface area (Å²) in [5.74, 6) is 0. The van der Waals surface area contributed by atoms with Crippen LogP contribution in [-0.4, -0.2) is 7.05 Å². The van der Waals surface area contributed by atoms with Crippen LogP contribution in [0.1, 0.15) is 30.3 Å². The average molecular weight is 230 g/mol. The van der Waals surface area contributed by atoms with Crippen molar-refractivity contribution in [3.8, 4) is 0 Å². The molecule has 0 fully saturated rings. The Kier molecular flexibility index (Phi) is 4.17. The lowest BCUT2D eigenvalue weighted by atomic mass is 10.1. The SMILES string of the molecule is CNC(C=C(C)C)c1scc(C)c1Cl. The molecule has 0 aliphatic carbocycles. The Hall–Kier alpha value is -0.310. The van der Waals surface area contributed by atoms with Crippen molar-refractivity contribution in [1.82, 2.24) is 5.32 Å². The summed E-state index contributed by atoms with van der Waals surface area (Å²) >= 11 is 7.92. The van der Waals surface area contributed by atoms with Gasteiger partial charge >= 0.3 is 0 Å². The molecule has 78 valence electrons. The maximum absolute atomic E-state index is 6.21. The zero-order chi connectivity index (χ0) is 10.7. The lowest BCUT2D eigenvalue weighted by molar-refractivity contribution is 0.722. The van der Waals surface area contributed by atoms with Crippen LogP contribution in [0.5, 0.6) is 0 Å². The van der Waals surface area contributed by atoms with Gasteiger partial charge in [0.1, 0.15) is 0 Å². The zero-order valence-electron chi connectivity index (χ0n) is 9.02. The summed E-state index contributed by atoms with van der Waals surface area (Å²) in [4.78, 5) is 1.20. The maximum Gasteiger partial charge on any atom is 0.0615 e. The molecular weight excluding hydrogens is 214 g/mol. The lowest BCUT2D eigenvalue weighted by Gasteiger charge is -2.11. The second-order valence-electron chi connectivity index (χ2n) is 3.61. The van der Waals surface area contributed by atoms with Gasteiger partial charge < -0.3 is 5.32 Å². The lowest BCUT2D eigenvalue weighted by Crippen LogP contribution is -2.13. The molecule has 0 saturated heterocycles. The molecular formula is C11H16ClNS. The summed E-state index contributed by atoms with van der Waals surface area (Å²) in [5, 5.41) is 6.25. The molecule has 0 bridgehead atoms. The van der Waals surface area contributed by atoms with Crippen molar-refractivity contribution in [2.45, 2.75) is 26.8 Å². The average Bonchev–Trinajstić information content (AvgIpc) is 2.44. The molecule has 1 N–H and O–H groups in total. The Morgan fingerprint density at radius 2 is 2.21 bits per heavy atom. The van der Waals surface area contributed by atoms with E-state index < -0.39 is 0 Å². The van der Waals surface area contributed by atoms with Crippen LogP contribution in [0.3, 0.4) is 0 Å². The van der Waals surface area contributed by atoms with Gasteiger partial charge in [-0.05, 0) is 38.8 Å². The summed E-state index contributed by atoms with van der Waals surface area (Å²) in [6.07, 6.45) is 2.19. The summed E-state index contributed by atoms with van der Waals surface area (Å²) in [6.45, 7) is 6.23. The Labute approximate surface area is 94.8 Å². The van der Waals surface area contributed by atoms with Crippen molar-refractivity contribution < 1.29 is 0 Å². The number of halogens is 1. The van der Waals surface area contributed by atoms with E-state index >= 15 is 0 Å². The van der Waals surface area contributed by atoms with Gasteiger partial charge in [-0.3, -0.25) is 0 Å². The number of thiophene rings is 1. The molecule has 0 spiro atoms. The van der Waals surface area contributed by atoms with Gasteiger partial charge in [0.05, 0.1) is 11.1 Å². The van der Waals surface area contributed by atoms with Crippen LogP contribution < -0.4 is 5.32 Å². The molecule has 3 heteroatoms. The number of aryl methyl sites for hydroxylation is 1. The highest BCUT2D eigenvalue weighted by molar-refractivity contribution is 7.10. The van der Waals surface area contributed by atoms with Gasteiger partial charge in [-0.25, -0.2) is 0 Å². The second kappa shape index (κ2) is 4.96. The molecule has 1 aromatic rings. The quantitative estimate of drug-likeness (QED) is 0.775. The third-order valence-electron chi connectivity index (χ3n) is 2.02. The van der Waals surface area contributed by atoms with Crippen molar-refractivity contribution in [3.05, 3.63) is 32.5 Å². The molecule has 1 unspecified atom stereocenters. The molecule has 0 aliphatic heterocycles. The standard InChI is InChI=1S/C11H16ClNS/c1-7(2)5-9(13-4)11-10(12)8(3)6-14-11/h5-6,9,13H,1-4H3. The summed E-state index contributed by atoms with van der Waals surface area (Å²) in [6, 6.07) is 0.242. The Morgan fingerprint density at radius 1 is 1.57 bits per heavy atom. The van der Waals surface area contributed by atoms with Crippen molar-refractivity contribution in [2.75, 3.05) is 7.05 Å². The number of allylic oxidation sites excluding steroid dienone is 1. The molecule has 0 aliphatic rings. The molecule has 0 amide bonds. The van der Waals surface area contributed by atoms with E-state index in [1.54, 1.807) is 11.3 Å². The number of rotatable bonds is 3. The van der Waals surface area contributed by atoms with Crippen molar-refractivity contribution in [2.24, 2.45) is 0 Å². The van der Waals surface area contributed by atoms with Crippen LogP contribution in [0, 0.1) is 6.92 Å². The van der Waals surface area contributed by atoms with E-state index in [1.807, 2.05) is 14.0 Å². The fourth-order valence-electron chi connectivity index (χ4n) is 1.28. The second-order valence-corrected chi connectivity index (χ2v) is 4.90. The van der Waals surface area contributed by atoms with Gasteiger partial charge in [0.25, 0.3) is 0 Å². The van der Waals surface area contributed by atoms with E-state index in [0.717, 1.165) is 10.6 Å². The van der Waals surface area contributed by atoms with Gasteiger partial charge in [0, 0.05) is 4.88 Å². The molecule has 0 saturated carbocycles. The Bertz CT molecular complexity index is 337. The van der Waals surface area contributed by atoms with E-state index in [1.165, 1.54) is 10.5 Å². The number of likely N-dealkylation sites (N-methyl/N-ethyl adjacent to an activating group) is 1. The monoisotopic (exact) mass is 229 g/mol. The first-order chi connectivity index (χ1) is 6.56. The van der Waals surface area contributed by atoms with Crippen LogP contribution in [0.15, 0.2) is 17.0 Å². The van der Waals surface area contributed by atoms with Crippen LogP contribution in [0.2, 0.25) is 5.02 Å². The van der Waals surface area contributed by atoms with Gasteiger partial charge in [0.2, 0.25) is 0 Å². The van der Waals surface area contributed by atoms with Gasteiger partial charge in [-0.2, -0.15) is 0 Å². The first kappa shape index (κ1) is 11.8. The summed E-state index contributed by atoms with van der Waals surface area (Å²) in [7, 11) is 1.95. The van der Waals surface area contributed by atoms with E-state index in [-0.39, 0.29) is 6.04 Å². The van der Waals surface area contributed by atoms with E-state index in [0.29, 0.717) is 0 Å². The predicted molar refractivity (Wildman–Crippen MR) is 65.3 cm³/mol. The minimum absolute atomic E-state index is 0.242. The largest absolute Gasteiger partial charge is 0.309 e. The van der Waals surface area contributed by atoms with Crippen LogP contribution in [0.4, 0.5) is 0 Å². The number of nitrogens with one attached hydrogen (secondary N) is 1. The number of hydrogen-bond donors (Lipinski definition) is 1. The molecule has 0 radical (unpaired) electrons. The fraction of sp³-hybridized carbons (Fsp3) is 0.455. The van der Waals surface area contributed by atoms with Crippen LogP contribution in [-0.2, 0) is 0 Å². The van der Waals surface area contributed by atoms with Crippen LogP contribution >= 0.6 is 22.9 Å². The molecule has 14 heavy (non-hydrogen) atoms. The predicted octanol–water partition coefficient (Wildman–Crippen LogP) is 3.94. The smallest absolute Gasteiger partial charge is 0.0615 e. The summed E-state index contributed by atoms with van der Waals surface area (Å²) < 4.78 is 0. The minimum Gasteiger partial charge on any atom is -0.309 e. The molecule has 1 atom stereocenters. The maximum atomic E-state index is 6.21. The highest BCUT2D eigenvalue weighted by atomic mass is 35.5. The molecule has 1 aromatic heterocycles. The van der Waals surface area contributed by atoms with Crippen molar-refractivity contribution in [1.29, 1.82) is 0 Å². The van der Waals surface area contributed by atoms with Crippen LogP contribution in [0.25, 0.3) is 0 Å². The molecule has 0 aromatic carbocycles. The van der Waals surface area contributed by atoms with Crippen molar-refractivity contribution in [3.63, 3.8) is 0 Å². The van der Waals surface area contributed by atoms with Gasteiger partial charge in [-0.15, -0.1) is 11.3 Å². The minimum atomic E-state index is 0.242. The zero-order valence-corrected chi connectivity index (χ0v) is 10.6. The number of hydrogen-bond acceptors (Lipinski definition) is 2. The summed E-state index contributed by atoms with van der Waals surface area (Å²) in [5.41, 5.74) is 2.46. The third-order valence-corrected chi connectivity index (χ3v) is 3.82. The van der Waals surface area contributed by atoms with Gasteiger partial charge in [0.15, 0.2) is 0 Å². The van der Waals surface area contributed by atoms with Gasteiger partial charge in [-0.1, -0.05) is 23.3 Å². The fourth-order valence-corrected chi connectivity index (χ4v) is 2.67. The first-order valence-corrected chi connectivity index (χ1v) is 5.87. The van der Waals surface area contributed by atoms with E-state index in [2.05, 4.69) is 30.6 Å². The third kappa shape index (κ3) is 2.59. The Morgan fingerprint density at radius 3 is 2.57 bits per heavy atom. The highest BCUT2D eigenvalue weighted by Gasteiger charge is 2.13. The molecule has 1 rings (SSSR count). The Balaban J connectivity index is 3.01. The highest BCUT2D eigenvalue weighted by Crippen LogP contribution is 2.33. The topological polar surface area (TPSA) is 12.0 Å². The van der Waals surface area contributed by atoms with Crippen molar-refractivity contribution >= 4 is 22.9 Å². The van der Waals surface area contributed by atoms with E-state index in [9.17, 15) is 0 Å².